The molecule has 0 aliphatic carbocycles. The molecule has 27 heavy (non-hydrogen) atoms. The molecule has 2 aromatic heterocycles. The van der Waals surface area contributed by atoms with Gasteiger partial charge >= 0.3 is 0 Å². The van der Waals surface area contributed by atoms with Crippen LogP contribution in [-0.2, 0) is 6.61 Å². The van der Waals surface area contributed by atoms with Crippen molar-refractivity contribution in [1.29, 1.82) is 0 Å². The molecule has 1 N–H and O–H groups in total. The molecule has 1 atom stereocenters. The number of nitrogens with zero attached hydrogens (tertiary/aromatic N) is 1. The zero-order valence-electron chi connectivity index (χ0n) is 15.1. The fraction of sp³-hybridized carbons (Fsp3) is 0.250. The molecule has 142 valence electrons. The van der Waals surface area contributed by atoms with Crippen LogP contribution in [0.4, 0.5) is 4.39 Å². The quantitative estimate of drug-likeness (QED) is 0.654. The summed E-state index contributed by atoms with van der Waals surface area (Å²) in [5.74, 6) is 1.34. The number of ether oxygens (including phenoxy) is 1. The molecule has 0 saturated carbocycles. The van der Waals surface area contributed by atoms with Gasteiger partial charge in [0.15, 0.2) is 5.76 Å². The molecular formula is C20H21FN2O4. The lowest BCUT2D eigenvalue weighted by atomic mass is 10.2. The Morgan fingerprint density at radius 2 is 1.96 bits per heavy atom. The Kier molecular flexibility index (Phi) is 5.93. The van der Waals surface area contributed by atoms with Crippen LogP contribution >= 0.6 is 0 Å². The van der Waals surface area contributed by atoms with Crippen LogP contribution in [-0.4, -0.2) is 31.4 Å². The fourth-order valence-electron chi connectivity index (χ4n) is 2.56. The van der Waals surface area contributed by atoms with E-state index in [-0.39, 0.29) is 30.1 Å². The van der Waals surface area contributed by atoms with Gasteiger partial charge in [-0.05, 0) is 62.6 Å². The molecule has 1 amide bonds. The largest absolute Gasteiger partial charge is 0.486 e. The number of carbonyl (C=O) groups is 1. The first-order valence-corrected chi connectivity index (χ1v) is 8.48. The van der Waals surface area contributed by atoms with Gasteiger partial charge in [0.2, 0.25) is 0 Å². The van der Waals surface area contributed by atoms with Gasteiger partial charge in [-0.25, -0.2) is 4.39 Å². The zero-order chi connectivity index (χ0) is 19.2. The van der Waals surface area contributed by atoms with Crippen molar-refractivity contribution >= 4 is 5.91 Å². The fourth-order valence-corrected chi connectivity index (χ4v) is 2.56. The van der Waals surface area contributed by atoms with Crippen LogP contribution in [0.2, 0.25) is 0 Å². The number of nitrogens with one attached hydrogen (secondary N) is 1. The summed E-state index contributed by atoms with van der Waals surface area (Å²) in [7, 11) is 3.83. The minimum Gasteiger partial charge on any atom is -0.486 e. The number of rotatable bonds is 8. The van der Waals surface area contributed by atoms with Gasteiger partial charge in [0.25, 0.3) is 5.91 Å². The first-order chi connectivity index (χ1) is 13.0. The predicted octanol–water partition coefficient (Wildman–Crippen LogP) is 3.62. The first-order valence-electron chi connectivity index (χ1n) is 8.48. The molecule has 3 aromatic rings. The summed E-state index contributed by atoms with van der Waals surface area (Å²) in [6.45, 7) is 0.521. The molecule has 3 rings (SSSR count). The average Bonchev–Trinajstić information content (AvgIpc) is 3.33. The third-order valence-corrected chi connectivity index (χ3v) is 4.03. The van der Waals surface area contributed by atoms with E-state index in [2.05, 4.69) is 5.32 Å². The predicted molar refractivity (Wildman–Crippen MR) is 96.9 cm³/mol. The topological polar surface area (TPSA) is 67.9 Å². The van der Waals surface area contributed by atoms with E-state index < -0.39 is 0 Å². The number of hydrogen-bond acceptors (Lipinski definition) is 5. The van der Waals surface area contributed by atoms with Gasteiger partial charge in [0, 0.05) is 6.54 Å². The van der Waals surface area contributed by atoms with E-state index >= 15 is 0 Å². The van der Waals surface area contributed by atoms with Crippen molar-refractivity contribution in [1.82, 2.24) is 10.2 Å². The lowest BCUT2D eigenvalue weighted by Crippen LogP contribution is -2.34. The van der Waals surface area contributed by atoms with Crippen molar-refractivity contribution in [3.63, 3.8) is 0 Å². The van der Waals surface area contributed by atoms with Crippen molar-refractivity contribution < 1.29 is 22.8 Å². The first kappa shape index (κ1) is 18.7. The normalized spacial score (nSPS) is 12.1. The van der Waals surface area contributed by atoms with E-state index in [4.69, 9.17) is 13.6 Å². The second kappa shape index (κ2) is 8.55. The average molecular weight is 372 g/mol. The van der Waals surface area contributed by atoms with Gasteiger partial charge in [0.1, 0.15) is 29.7 Å². The molecule has 0 aliphatic rings. The van der Waals surface area contributed by atoms with E-state index in [1.54, 1.807) is 18.4 Å². The molecule has 1 aromatic carbocycles. The van der Waals surface area contributed by atoms with Crippen molar-refractivity contribution in [2.24, 2.45) is 0 Å². The number of hydrogen-bond donors (Lipinski definition) is 1. The Balaban J connectivity index is 1.54. The minimum absolute atomic E-state index is 0.0832. The summed E-state index contributed by atoms with van der Waals surface area (Å²) in [5, 5.41) is 2.85. The summed E-state index contributed by atoms with van der Waals surface area (Å²) in [6, 6.07) is 12.6. The molecule has 0 saturated heterocycles. The smallest absolute Gasteiger partial charge is 0.287 e. The molecule has 0 fully saturated rings. The highest BCUT2D eigenvalue weighted by atomic mass is 19.1. The molecule has 0 bridgehead atoms. The Hall–Kier alpha value is -3.06. The maximum atomic E-state index is 12.9. The number of amides is 1. The van der Waals surface area contributed by atoms with Gasteiger partial charge in [-0.1, -0.05) is 0 Å². The molecule has 0 radical (unpaired) electrons. The molecule has 7 heteroatoms. The highest BCUT2D eigenvalue weighted by Gasteiger charge is 2.19. The van der Waals surface area contributed by atoms with E-state index in [0.717, 1.165) is 5.76 Å². The van der Waals surface area contributed by atoms with Crippen molar-refractivity contribution in [3.05, 3.63) is 77.9 Å². The molecule has 0 aliphatic heterocycles. The standard InChI is InChI=1S/C20H21FN2O4/c1-23(2)17(18-4-3-11-25-18)12-22-20(24)19-10-9-16(27-19)13-26-15-7-5-14(21)6-8-15/h3-11,17H,12-13H2,1-2H3,(H,22,24)/t17-/m0/s1. The molecule has 6 nitrogen and oxygen atoms in total. The lowest BCUT2D eigenvalue weighted by Gasteiger charge is -2.22. The second-order valence-corrected chi connectivity index (χ2v) is 6.21. The number of halogens is 1. The van der Waals surface area contributed by atoms with Crippen molar-refractivity contribution in [2.45, 2.75) is 12.6 Å². The van der Waals surface area contributed by atoms with Gasteiger partial charge in [-0.15, -0.1) is 0 Å². The van der Waals surface area contributed by atoms with Crippen LogP contribution in [0.15, 0.2) is 63.6 Å². The van der Waals surface area contributed by atoms with Gasteiger partial charge in [-0.2, -0.15) is 0 Å². The Morgan fingerprint density at radius 1 is 1.19 bits per heavy atom. The van der Waals surface area contributed by atoms with Crippen molar-refractivity contribution in [2.75, 3.05) is 20.6 Å². The maximum absolute atomic E-state index is 12.9. The summed E-state index contributed by atoms with van der Waals surface area (Å²) in [5.41, 5.74) is 0. The SMILES string of the molecule is CN(C)[C@@H](CNC(=O)c1ccc(COc2ccc(F)cc2)o1)c1ccco1. The Morgan fingerprint density at radius 3 is 2.63 bits per heavy atom. The van der Waals surface area contributed by atoms with Crippen LogP contribution in [0.3, 0.4) is 0 Å². The van der Waals surface area contributed by atoms with Crippen molar-refractivity contribution in [3.8, 4) is 5.75 Å². The van der Waals surface area contributed by atoms with Crippen LogP contribution in [0.5, 0.6) is 5.75 Å². The minimum atomic E-state index is -0.329. The number of likely N-dealkylation sites (N-methyl/N-ethyl adjacent to an activating group) is 1. The summed E-state index contributed by atoms with van der Waals surface area (Å²) in [6.07, 6.45) is 1.60. The summed E-state index contributed by atoms with van der Waals surface area (Å²) >= 11 is 0. The van der Waals surface area contributed by atoms with E-state index in [9.17, 15) is 9.18 Å². The monoisotopic (exact) mass is 372 g/mol. The Labute approximate surface area is 156 Å². The highest BCUT2D eigenvalue weighted by molar-refractivity contribution is 5.91. The second-order valence-electron chi connectivity index (χ2n) is 6.21. The van der Waals surface area contributed by atoms with Gasteiger partial charge in [0.05, 0.1) is 12.3 Å². The van der Waals surface area contributed by atoms with Crippen LogP contribution in [0, 0.1) is 5.82 Å². The molecule has 2 heterocycles. The lowest BCUT2D eigenvalue weighted by molar-refractivity contribution is 0.0907. The maximum Gasteiger partial charge on any atom is 0.287 e. The summed E-state index contributed by atoms with van der Waals surface area (Å²) in [4.78, 5) is 14.3. The van der Waals surface area contributed by atoms with E-state index in [1.807, 2.05) is 31.1 Å². The van der Waals surface area contributed by atoms with Gasteiger partial charge < -0.3 is 18.9 Å². The summed E-state index contributed by atoms with van der Waals surface area (Å²) < 4.78 is 29.3. The third-order valence-electron chi connectivity index (χ3n) is 4.03. The Bertz CT molecular complexity index is 857. The third kappa shape index (κ3) is 4.98. The van der Waals surface area contributed by atoms with E-state index in [1.165, 1.54) is 24.3 Å². The molecule has 0 unspecified atom stereocenters. The van der Waals surface area contributed by atoms with E-state index in [0.29, 0.717) is 18.1 Å². The molecule has 0 spiro atoms. The van der Waals surface area contributed by atoms with Gasteiger partial charge in [-0.3, -0.25) is 9.69 Å². The number of carbonyl (C=O) groups excluding carboxylic acids is 1. The van der Waals surface area contributed by atoms with Crippen LogP contribution in [0.1, 0.15) is 28.1 Å². The zero-order valence-corrected chi connectivity index (χ0v) is 15.1. The molecular weight excluding hydrogens is 351 g/mol. The van der Waals surface area contributed by atoms with Crippen LogP contribution < -0.4 is 10.1 Å². The highest BCUT2D eigenvalue weighted by Crippen LogP contribution is 2.18. The number of benzene rings is 1. The van der Waals surface area contributed by atoms with Crippen LogP contribution in [0.25, 0.3) is 0 Å². The number of furan rings is 2.